The van der Waals surface area contributed by atoms with E-state index in [4.69, 9.17) is 0 Å². The molecule has 0 saturated heterocycles. The number of amides is 1. The molecular formula is C10H19F3N2O. The minimum atomic E-state index is -4.20. The van der Waals surface area contributed by atoms with Crippen molar-refractivity contribution in [2.75, 3.05) is 13.1 Å². The van der Waals surface area contributed by atoms with Gasteiger partial charge in [0.25, 0.3) is 0 Å². The average Bonchev–Trinajstić information content (AvgIpc) is 2.10. The van der Waals surface area contributed by atoms with Gasteiger partial charge in [-0.25, -0.2) is 0 Å². The Labute approximate surface area is 93.8 Å². The third-order valence-corrected chi connectivity index (χ3v) is 1.86. The zero-order valence-corrected chi connectivity index (χ0v) is 9.66. The van der Waals surface area contributed by atoms with Gasteiger partial charge in [-0.15, -0.1) is 0 Å². The summed E-state index contributed by atoms with van der Waals surface area (Å²) in [5.41, 5.74) is 0. The molecule has 0 aromatic carbocycles. The van der Waals surface area contributed by atoms with Gasteiger partial charge in [-0.05, 0) is 13.0 Å². The summed E-state index contributed by atoms with van der Waals surface area (Å²) in [6.07, 6.45) is -4.27. The van der Waals surface area contributed by atoms with E-state index in [0.29, 0.717) is 19.0 Å². The molecule has 0 aromatic heterocycles. The van der Waals surface area contributed by atoms with Crippen molar-refractivity contribution in [2.24, 2.45) is 0 Å². The molecule has 0 atom stereocenters. The average molecular weight is 240 g/mol. The lowest BCUT2D eigenvalue weighted by Gasteiger charge is -2.09. The quantitative estimate of drug-likeness (QED) is 0.667. The number of carbonyl (C=O) groups excluding carboxylic acids is 1. The van der Waals surface area contributed by atoms with Gasteiger partial charge in [-0.1, -0.05) is 13.8 Å². The van der Waals surface area contributed by atoms with Gasteiger partial charge in [0.15, 0.2) is 0 Å². The second-order valence-electron chi connectivity index (χ2n) is 3.93. The molecule has 0 radical (unpaired) electrons. The molecule has 0 aliphatic heterocycles. The highest BCUT2D eigenvalue weighted by atomic mass is 19.4. The van der Waals surface area contributed by atoms with Gasteiger partial charge in [-0.2, -0.15) is 13.2 Å². The van der Waals surface area contributed by atoms with E-state index in [9.17, 15) is 18.0 Å². The van der Waals surface area contributed by atoms with Gasteiger partial charge in [0.05, 0.1) is 6.42 Å². The molecule has 3 nitrogen and oxygen atoms in total. The Morgan fingerprint density at radius 1 is 1.25 bits per heavy atom. The number of nitrogens with one attached hydrogen (secondary N) is 2. The summed E-state index contributed by atoms with van der Waals surface area (Å²) < 4.78 is 35.2. The summed E-state index contributed by atoms with van der Waals surface area (Å²) in [6, 6.07) is 0.355. The lowest BCUT2D eigenvalue weighted by molar-refractivity contribution is -0.135. The first-order chi connectivity index (χ1) is 7.31. The molecule has 0 aliphatic rings. The molecular weight excluding hydrogens is 221 g/mol. The number of hydrogen-bond acceptors (Lipinski definition) is 2. The molecule has 0 aliphatic carbocycles. The maximum Gasteiger partial charge on any atom is 0.390 e. The lowest BCUT2D eigenvalue weighted by atomic mass is 10.2. The third-order valence-electron chi connectivity index (χ3n) is 1.86. The highest BCUT2D eigenvalue weighted by Gasteiger charge is 2.26. The molecule has 0 saturated carbocycles. The number of hydrogen-bond donors (Lipinski definition) is 2. The maximum absolute atomic E-state index is 11.7. The number of alkyl halides is 3. The van der Waals surface area contributed by atoms with Crippen LogP contribution in [0.4, 0.5) is 13.2 Å². The minimum absolute atomic E-state index is 0.261. The van der Waals surface area contributed by atoms with Crippen molar-refractivity contribution in [3.63, 3.8) is 0 Å². The zero-order chi connectivity index (χ0) is 12.6. The molecule has 96 valence electrons. The maximum atomic E-state index is 11.7. The van der Waals surface area contributed by atoms with Crippen molar-refractivity contribution in [2.45, 2.75) is 45.3 Å². The largest absolute Gasteiger partial charge is 0.390 e. The number of halogens is 3. The molecule has 0 bridgehead atoms. The van der Waals surface area contributed by atoms with E-state index in [0.717, 1.165) is 0 Å². The molecule has 1 amide bonds. The minimum Gasteiger partial charge on any atom is -0.356 e. The van der Waals surface area contributed by atoms with Crippen LogP contribution >= 0.6 is 0 Å². The third kappa shape index (κ3) is 11.3. The Kier molecular flexibility index (Phi) is 7.12. The van der Waals surface area contributed by atoms with E-state index in [1.54, 1.807) is 0 Å². The van der Waals surface area contributed by atoms with Crippen LogP contribution in [0.5, 0.6) is 0 Å². The van der Waals surface area contributed by atoms with Crippen LogP contribution in [0.2, 0.25) is 0 Å². The smallest absolute Gasteiger partial charge is 0.356 e. The molecule has 6 heteroatoms. The number of carbonyl (C=O) groups is 1. The van der Waals surface area contributed by atoms with Crippen LogP contribution < -0.4 is 10.6 Å². The Hall–Kier alpha value is -0.780. The SMILES string of the molecule is CC(C)NCCCC(=O)NCCC(F)(F)F. The van der Waals surface area contributed by atoms with Gasteiger partial charge >= 0.3 is 6.18 Å². The lowest BCUT2D eigenvalue weighted by Crippen LogP contribution is -2.29. The summed E-state index contributed by atoms with van der Waals surface area (Å²) >= 11 is 0. The van der Waals surface area contributed by atoms with Gasteiger partial charge in [-0.3, -0.25) is 4.79 Å². The molecule has 0 aromatic rings. The first-order valence-corrected chi connectivity index (χ1v) is 5.38. The predicted octanol–water partition coefficient (Wildman–Crippen LogP) is 1.83. The Morgan fingerprint density at radius 3 is 2.38 bits per heavy atom. The normalized spacial score (nSPS) is 11.9. The molecule has 0 heterocycles. The van der Waals surface area contributed by atoms with E-state index in [1.165, 1.54) is 0 Å². The summed E-state index contributed by atoms with van der Waals surface area (Å²) in [5.74, 6) is -0.324. The van der Waals surface area contributed by atoms with Crippen molar-refractivity contribution in [1.29, 1.82) is 0 Å². The fourth-order valence-corrected chi connectivity index (χ4v) is 1.07. The molecule has 16 heavy (non-hydrogen) atoms. The molecule has 0 unspecified atom stereocenters. The summed E-state index contributed by atoms with van der Waals surface area (Å²) in [7, 11) is 0. The van der Waals surface area contributed by atoms with Crippen LogP contribution in [0.25, 0.3) is 0 Å². The predicted molar refractivity (Wildman–Crippen MR) is 56.1 cm³/mol. The Bertz CT molecular complexity index is 205. The standard InChI is InChI=1S/C10H19F3N2O/c1-8(2)14-6-3-4-9(16)15-7-5-10(11,12)13/h8,14H,3-7H2,1-2H3,(H,15,16). The second-order valence-corrected chi connectivity index (χ2v) is 3.93. The van der Waals surface area contributed by atoms with Gasteiger partial charge in [0, 0.05) is 19.0 Å². The number of rotatable bonds is 7. The first-order valence-electron chi connectivity index (χ1n) is 5.38. The zero-order valence-electron chi connectivity index (χ0n) is 9.66. The fourth-order valence-electron chi connectivity index (χ4n) is 1.07. The molecule has 0 fully saturated rings. The van der Waals surface area contributed by atoms with E-state index < -0.39 is 12.6 Å². The van der Waals surface area contributed by atoms with Crippen molar-refractivity contribution in [1.82, 2.24) is 10.6 Å². The van der Waals surface area contributed by atoms with Gasteiger partial charge in [0.2, 0.25) is 5.91 Å². The van der Waals surface area contributed by atoms with Crippen LogP contribution in [0, 0.1) is 0 Å². The van der Waals surface area contributed by atoms with Crippen LogP contribution in [-0.2, 0) is 4.79 Å². The summed E-state index contributed by atoms with van der Waals surface area (Å²) in [6.45, 7) is 4.34. The summed E-state index contributed by atoms with van der Waals surface area (Å²) in [4.78, 5) is 11.1. The van der Waals surface area contributed by atoms with Crippen molar-refractivity contribution < 1.29 is 18.0 Å². The highest BCUT2D eigenvalue weighted by molar-refractivity contribution is 5.75. The van der Waals surface area contributed by atoms with Crippen molar-refractivity contribution >= 4 is 5.91 Å². The Morgan fingerprint density at radius 2 is 1.88 bits per heavy atom. The molecule has 0 spiro atoms. The van der Waals surface area contributed by atoms with Crippen molar-refractivity contribution in [3.8, 4) is 0 Å². The van der Waals surface area contributed by atoms with Gasteiger partial charge < -0.3 is 10.6 Å². The molecule has 0 rings (SSSR count). The van der Waals surface area contributed by atoms with Crippen LogP contribution in [0.3, 0.4) is 0 Å². The topological polar surface area (TPSA) is 41.1 Å². The van der Waals surface area contributed by atoms with E-state index >= 15 is 0 Å². The highest BCUT2D eigenvalue weighted by Crippen LogP contribution is 2.18. The Balaban J connectivity index is 3.39. The van der Waals surface area contributed by atoms with E-state index in [2.05, 4.69) is 10.6 Å². The van der Waals surface area contributed by atoms with Crippen LogP contribution in [0.15, 0.2) is 0 Å². The van der Waals surface area contributed by atoms with Crippen molar-refractivity contribution in [3.05, 3.63) is 0 Å². The fraction of sp³-hybridized carbons (Fsp3) is 0.900. The van der Waals surface area contributed by atoms with Crippen LogP contribution in [0.1, 0.15) is 33.1 Å². The summed E-state index contributed by atoms with van der Waals surface area (Å²) in [5, 5.41) is 5.36. The molecule has 2 N–H and O–H groups in total. The van der Waals surface area contributed by atoms with E-state index in [1.807, 2.05) is 13.8 Å². The van der Waals surface area contributed by atoms with E-state index in [-0.39, 0.29) is 18.9 Å². The second kappa shape index (κ2) is 7.49. The van der Waals surface area contributed by atoms with Crippen LogP contribution in [-0.4, -0.2) is 31.2 Å². The van der Waals surface area contributed by atoms with Gasteiger partial charge in [0.1, 0.15) is 0 Å². The monoisotopic (exact) mass is 240 g/mol. The first kappa shape index (κ1) is 15.2.